The first-order chi connectivity index (χ1) is 11.7. The highest BCUT2D eigenvalue weighted by Crippen LogP contribution is 2.36. The van der Waals surface area contributed by atoms with E-state index in [2.05, 4.69) is 26.5 Å². The first kappa shape index (κ1) is 18.1. The van der Waals surface area contributed by atoms with Crippen molar-refractivity contribution in [2.75, 3.05) is 20.8 Å². The summed E-state index contributed by atoms with van der Waals surface area (Å²) >= 11 is 3.49. The van der Waals surface area contributed by atoms with Crippen LogP contribution < -0.4 is 19.6 Å². The molecule has 24 heavy (non-hydrogen) atoms. The van der Waals surface area contributed by atoms with Crippen molar-refractivity contribution in [1.82, 2.24) is 5.43 Å². The molecule has 0 amide bonds. The lowest BCUT2D eigenvalue weighted by Gasteiger charge is -2.12. The van der Waals surface area contributed by atoms with E-state index in [9.17, 15) is 0 Å². The van der Waals surface area contributed by atoms with Crippen LogP contribution in [0.25, 0.3) is 0 Å². The Morgan fingerprint density at radius 3 is 2.62 bits per heavy atom. The Labute approximate surface area is 150 Å². The van der Waals surface area contributed by atoms with Gasteiger partial charge in [0.15, 0.2) is 11.5 Å². The smallest absolute Gasteiger partial charge is 0.174 e. The molecule has 5 nitrogen and oxygen atoms in total. The van der Waals surface area contributed by atoms with E-state index in [4.69, 9.17) is 14.2 Å². The molecule has 0 atom stereocenters. The van der Waals surface area contributed by atoms with Crippen molar-refractivity contribution in [1.29, 1.82) is 0 Å². The molecule has 2 aromatic rings. The topological polar surface area (TPSA) is 52.1 Å². The Morgan fingerprint density at radius 1 is 1.12 bits per heavy atom. The Kier molecular flexibility index (Phi) is 6.93. The molecule has 0 aromatic heterocycles. The van der Waals surface area contributed by atoms with E-state index in [1.807, 2.05) is 43.3 Å². The van der Waals surface area contributed by atoms with Crippen LogP contribution in [0.5, 0.6) is 17.2 Å². The fraction of sp³-hybridized carbons (Fsp3) is 0.278. The van der Waals surface area contributed by atoms with E-state index in [1.54, 1.807) is 20.4 Å². The predicted molar refractivity (Wildman–Crippen MR) is 99.3 cm³/mol. The van der Waals surface area contributed by atoms with Crippen molar-refractivity contribution in [2.24, 2.45) is 5.10 Å². The van der Waals surface area contributed by atoms with E-state index in [1.165, 1.54) is 0 Å². The molecule has 0 spiro atoms. The number of rotatable bonds is 8. The summed E-state index contributed by atoms with van der Waals surface area (Å²) in [4.78, 5) is 0. The number of halogens is 1. The van der Waals surface area contributed by atoms with Crippen molar-refractivity contribution >= 4 is 22.1 Å². The Balaban J connectivity index is 2.06. The van der Waals surface area contributed by atoms with Crippen LogP contribution in [0, 0.1) is 0 Å². The van der Waals surface area contributed by atoms with E-state index in [0.29, 0.717) is 24.7 Å². The lowest BCUT2D eigenvalue weighted by atomic mass is 10.2. The van der Waals surface area contributed by atoms with E-state index >= 15 is 0 Å². The van der Waals surface area contributed by atoms with Gasteiger partial charge in [-0.1, -0.05) is 18.2 Å². The van der Waals surface area contributed by atoms with Gasteiger partial charge in [-0.25, -0.2) is 0 Å². The zero-order chi connectivity index (χ0) is 17.4. The number of benzene rings is 2. The van der Waals surface area contributed by atoms with Gasteiger partial charge >= 0.3 is 0 Å². The summed E-state index contributed by atoms with van der Waals surface area (Å²) in [5.41, 5.74) is 4.97. The number of nitrogens with zero attached hydrogens (tertiary/aromatic N) is 1. The number of hydrogen-bond acceptors (Lipinski definition) is 5. The summed E-state index contributed by atoms with van der Waals surface area (Å²) in [7, 11) is 3.28. The van der Waals surface area contributed by atoms with Gasteiger partial charge in [-0.2, -0.15) is 5.10 Å². The van der Waals surface area contributed by atoms with Crippen LogP contribution in [0.4, 0.5) is 0 Å². The maximum atomic E-state index is 5.60. The minimum absolute atomic E-state index is 0.565. The number of ether oxygens (including phenoxy) is 3. The molecule has 128 valence electrons. The lowest BCUT2D eigenvalue weighted by Crippen LogP contribution is -2.07. The van der Waals surface area contributed by atoms with Gasteiger partial charge < -0.3 is 19.6 Å². The summed E-state index contributed by atoms with van der Waals surface area (Å²) in [5.74, 6) is 2.20. The van der Waals surface area contributed by atoms with Gasteiger partial charge in [0.25, 0.3) is 0 Å². The molecule has 0 heterocycles. The highest BCUT2D eigenvalue weighted by molar-refractivity contribution is 9.10. The molecule has 1 N–H and O–H groups in total. The molecule has 0 radical (unpaired) electrons. The fourth-order valence-corrected chi connectivity index (χ4v) is 2.85. The summed E-state index contributed by atoms with van der Waals surface area (Å²) < 4.78 is 17.1. The molecule has 0 aliphatic heterocycles. The molecule has 0 unspecified atom stereocenters. The molecule has 2 aromatic carbocycles. The average molecular weight is 393 g/mol. The first-order valence-corrected chi connectivity index (χ1v) is 8.37. The molecule has 0 fully saturated rings. The van der Waals surface area contributed by atoms with Crippen molar-refractivity contribution in [3.8, 4) is 17.2 Å². The van der Waals surface area contributed by atoms with Gasteiger partial charge in [0.1, 0.15) is 5.75 Å². The minimum atomic E-state index is 0.565. The number of methoxy groups -OCH3 is 2. The van der Waals surface area contributed by atoms with Crippen molar-refractivity contribution < 1.29 is 14.2 Å². The van der Waals surface area contributed by atoms with Crippen LogP contribution in [0.1, 0.15) is 18.1 Å². The molecule has 0 aliphatic rings. The van der Waals surface area contributed by atoms with Crippen LogP contribution >= 0.6 is 15.9 Å². The molecule has 2 rings (SSSR count). The van der Waals surface area contributed by atoms with Gasteiger partial charge in [-0.05, 0) is 46.6 Å². The van der Waals surface area contributed by atoms with Crippen molar-refractivity contribution in [3.05, 3.63) is 52.0 Å². The van der Waals surface area contributed by atoms with Gasteiger partial charge in [0, 0.05) is 5.56 Å². The average Bonchev–Trinajstić information content (AvgIpc) is 2.59. The normalized spacial score (nSPS) is 10.7. The third-order valence-corrected chi connectivity index (χ3v) is 3.89. The maximum absolute atomic E-state index is 5.60. The van der Waals surface area contributed by atoms with Gasteiger partial charge in [-0.3, -0.25) is 0 Å². The number of para-hydroxylation sites is 1. The standard InChI is InChI=1S/C18H21BrN2O3/c1-4-24-17-10-13(9-15(19)18(17)23-3)11-20-21-12-14-7-5-6-8-16(14)22-2/h5-11,21H,4,12H2,1-3H3/b20-11+. The number of hydrogen-bond donors (Lipinski definition) is 1. The highest BCUT2D eigenvalue weighted by Gasteiger charge is 2.10. The second-order valence-electron chi connectivity index (χ2n) is 4.87. The fourth-order valence-electron chi connectivity index (χ4n) is 2.22. The quantitative estimate of drug-likeness (QED) is 0.544. The summed E-state index contributed by atoms with van der Waals surface area (Å²) in [6.45, 7) is 3.08. The molecular formula is C18H21BrN2O3. The predicted octanol–water partition coefficient (Wildman–Crippen LogP) is 3.99. The van der Waals surface area contributed by atoms with Crippen molar-refractivity contribution in [2.45, 2.75) is 13.5 Å². The minimum Gasteiger partial charge on any atom is -0.496 e. The molecule has 0 saturated heterocycles. The monoisotopic (exact) mass is 392 g/mol. The third kappa shape index (κ3) is 4.64. The Hall–Kier alpha value is -2.21. The number of hydrazone groups is 1. The zero-order valence-electron chi connectivity index (χ0n) is 14.0. The van der Waals surface area contributed by atoms with E-state index in [-0.39, 0.29) is 0 Å². The second-order valence-corrected chi connectivity index (χ2v) is 5.73. The molecule has 6 heteroatoms. The van der Waals surface area contributed by atoms with Crippen LogP contribution in [0.3, 0.4) is 0 Å². The Morgan fingerprint density at radius 2 is 1.92 bits per heavy atom. The van der Waals surface area contributed by atoms with Crippen molar-refractivity contribution in [3.63, 3.8) is 0 Å². The largest absolute Gasteiger partial charge is 0.496 e. The first-order valence-electron chi connectivity index (χ1n) is 7.57. The molecule has 0 aliphatic carbocycles. The van der Waals surface area contributed by atoms with Crippen LogP contribution in [0.2, 0.25) is 0 Å². The summed E-state index contributed by atoms with van der Waals surface area (Å²) in [6.07, 6.45) is 1.74. The molecule has 0 saturated carbocycles. The van der Waals surface area contributed by atoms with Crippen LogP contribution in [-0.2, 0) is 6.54 Å². The summed E-state index contributed by atoms with van der Waals surface area (Å²) in [6, 6.07) is 11.7. The van der Waals surface area contributed by atoms with Crippen LogP contribution in [0.15, 0.2) is 46.0 Å². The van der Waals surface area contributed by atoms with E-state index in [0.717, 1.165) is 21.3 Å². The second kappa shape index (κ2) is 9.17. The Bertz CT molecular complexity index is 705. The van der Waals surface area contributed by atoms with Crippen LogP contribution in [-0.4, -0.2) is 27.0 Å². The number of nitrogens with one attached hydrogen (secondary N) is 1. The summed E-state index contributed by atoms with van der Waals surface area (Å²) in [5, 5.41) is 4.26. The van der Waals surface area contributed by atoms with Gasteiger partial charge in [-0.15, -0.1) is 0 Å². The van der Waals surface area contributed by atoms with Gasteiger partial charge in [0.05, 0.1) is 38.1 Å². The van der Waals surface area contributed by atoms with E-state index < -0.39 is 0 Å². The third-order valence-electron chi connectivity index (χ3n) is 3.30. The zero-order valence-corrected chi connectivity index (χ0v) is 15.6. The van der Waals surface area contributed by atoms with Gasteiger partial charge in [0.2, 0.25) is 0 Å². The molecule has 0 bridgehead atoms. The SMILES string of the molecule is CCOc1cc(/C=N/NCc2ccccc2OC)cc(Br)c1OC. The maximum Gasteiger partial charge on any atom is 0.174 e. The highest BCUT2D eigenvalue weighted by atomic mass is 79.9. The lowest BCUT2D eigenvalue weighted by molar-refractivity contribution is 0.310. The molecular weight excluding hydrogens is 372 g/mol.